The molecule has 1 aromatic heterocycles. The second-order valence-electron chi connectivity index (χ2n) is 4.74. The van der Waals surface area contributed by atoms with Crippen LogP contribution in [0, 0.1) is 0 Å². The molecule has 0 saturated carbocycles. The fourth-order valence-corrected chi connectivity index (χ4v) is 3.21. The molecule has 2 rings (SSSR count). The lowest BCUT2D eigenvalue weighted by molar-refractivity contribution is 0.0476. The Bertz CT molecular complexity index is 759. The number of ether oxygens (including phenoxy) is 1. The van der Waals surface area contributed by atoms with E-state index in [1.165, 1.54) is 23.5 Å². The zero-order valence-corrected chi connectivity index (χ0v) is 13.4. The Hall–Kier alpha value is -1.99. The Kier molecular flexibility index (Phi) is 5.10. The average molecular weight is 338 g/mol. The third kappa shape index (κ3) is 4.78. The number of thiophene rings is 1. The van der Waals surface area contributed by atoms with E-state index in [1.807, 2.05) is 0 Å². The number of carbonyl (C=O) groups is 2. The van der Waals surface area contributed by atoms with Crippen LogP contribution in [-0.4, -0.2) is 33.0 Å². The SMILES string of the molecule is CS(=O)(=O)Cc1ccc(C(=O)OCC(=O)c2cccs2)cc1. The van der Waals surface area contributed by atoms with Gasteiger partial charge in [-0.15, -0.1) is 11.3 Å². The van der Waals surface area contributed by atoms with E-state index in [0.717, 1.165) is 6.26 Å². The quantitative estimate of drug-likeness (QED) is 0.597. The highest BCUT2D eigenvalue weighted by Gasteiger charge is 2.13. The molecular formula is C15H14O5S2. The van der Waals surface area contributed by atoms with Gasteiger partial charge < -0.3 is 4.74 Å². The van der Waals surface area contributed by atoms with Crippen molar-refractivity contribution in [2.45, 2.75) is 5.75 Å². The van der Waals surface area contributed by atoms with Crippen molar-refractivity contribution in [2.75, 3.05) is 12.9 Å². The second-order valence-corrected chi connectivity index (χ2v) is 7.83. The highest BCUT2D eigenvalue weighted by atomic mass is 32.2. The van der Waals surface area contributed by atoms with Gasteiger partial charge in [0.1, 0.15) is 0 Å². The van der Waals surface area contributed by atoms with Crippen LogP contribution in [0.3, 0.4) is 0 Å². The van der Waals surface area contributed by atoms with Crippen LogP contribution in [0.15, 0.2) is 41.8 Å². The summed E-state index contributed by atoms with van der Waals surface area (Å²) in [6.45, 7) is -0.315. The predicted octanol–water partition coefficient (Wildman–Crippen LogP) is 2.33. The summed E-state index contributed by atoms with van der Waals surface area (Å²) >= 11 is 1.29. The lowest BCUT2D eigenvalue weighted by Gasteiger charge is -2.04. The maximum absolute atomic E-state index is 11.8. The fourth-order valence-electron chi connectivity index (χ4n) is 1.76. The van der Waals surface area contributed by atoms with Gasteiger partial charge in [-0.3, -0.25) is 4.79 Å². The van der Waals surface area contributed by atoms with Crippen LogP contribution < -0.4 is 0 Å². The van der Waals surface area contributed by atoms with Crippen molar-refractivity contribution in [1.29, 1.82) is 0 Å². The number of benzene rings is 1. The molecule has 7 heteroatoms. The summed E-state index contributed by atoms with van der Waals surface area (Å²) in [7, 11) is -3.12. The Morgan fingerprint density at radius 1 is 1.14 bits per heavy atom. The largest absolute Gasteiger partial charge is 0.454 e. The van der Waals surface area contributed by atoms with E-state index >= 15 is 0 Å². The molecule has 0 atom stereocenters. The van der Waals surface area contributed by atoms with E-state index in [9.17, 15) is 18.0 Å². The van der Waals surface area contributed by atoms with E-state index in [4.69, 9.17) is 4.74 Å². The molecule has 22 heavy (non-hydrogen) atoms. The molecule has 0 aliphatic carbocycles. The van der Waals surface area contributed by atoms with Crippen molar-refractivity contribution in [3.8, 4) is 0 Å². The number of hydrogen-bond acceptors (Lipinski definition) is 6. The van der Waals surface area contributed by atoms with Gasteiger partial charge in [-0.25, -0.2) is 13.2 Å². The summed E-state index contributed by atoms with van der Waals surface area (Å²) in [5.74, 6) is -0.952. The van der Waals surface area contributed by atoms with Gasteiger partial charge in [0.05, 0.1) is 16.2 Å². The van der Waals surface area contributed by atoms with Crippen LogP contribution in [0.5, 0.6) is 0 Å². The molecule has 2 aromatic rings. The monoisotopic (exact) mass is 338 g/mol. The highest BCUT2D eigenvalue weighted by molar-refractivity contribution is 7.89. The number of Topliss-reactive ketones (excluding diaryl/α,β-unsaturated/α-hetero) is 1. The molecule has 0 unspecified atom stereocenters. The minimum Gasteiger partial charge on any atom is -0.454 e. The van der Waals surface area contributed by atoms with Crippen molar-refractivity contribution in [2.24, 2.45) is 0 Å². The molecule has 0 radical (unpaired) electrons. The summed E-state index contributed by atoms with van der Waals surface area (Å²) in [5.41, 5.74) is 0.866. The highest BCUT2D eigenvalue weighted by Crippen LogP contribution is 2.11. The fraction of sp³-hybridized carbons (Fsp3) is 0.200. The van der Waals surface area contributed by atoms with Gasteiger partial charge in [0.15, 0.2) is 16.4 Å². The van der Waals surface area contributed by atoms with Crippen LogP contribution in [0.4, 0.5) is 0 Å². The lowest BCUT2D eigenvalue weighted by Crippen LogP contribution is -2.13. The Morgan fingerprint density at radius 2 is 1.82 bits per heavy atom. The number of sulfone groups is 1. The average Bonchev–Trinajstić information content (AvgIpc) is 2.97. The maximum atomic E-state index is 11.8. The number of esters is 1. The summed E-state index contributed by atoms with van der Waals surface area (Å²) in [6.07, 6.45) is 1.14. The minimum absolute atomic E-state index is 0.0841. The molecule has 0 aliphatic rings. The molecule has 0 N–H and O–H groups in total. The smallest absolute Gasteiger partial charge is 0.338 e. The summed E-state index contributed by atoms with van der Waals surface area (Å²) in [6, 6.07) is 9.50. The third-order valence-electron chi connectivity index (χ3n) is 2.75. The molecule has 0 amide bonds. The number of carbonyl (C=O) groups excluding carboxylic acids is 2. The van der Waals surface area contributed by atoms with Gasteiger partial charge in [0.25, 0.3) is 0 Å². The molecule has 0 aliphatic heterocycles. The van der Waals surface area contributed by atoms with Crippen molar-refractivity contribution in [1.82, 2.24) is 0 Å². The molecule has 0 fully saturated rings. The third-order valence-corrected chi connectivity index (χ3v) is 4.52. The first kappa shape index (κ1) is 16.4. The van der Waals surface area contributed by atoms with Crippen LogP contribution >= 0.6 is 11.3 Å². The van der Waals surface area contributed by atoms with Crippen molar-refractivity contribution < 1.29 is 22.7 Å². The standard InChI is InChI=1S/C15H14O5S2/c1-22(18,19)10-11-4-6-12(7-5-11)15(17)20-9-13(16)14-3-2-8-21-14/h2-8H,9-10H2,1H3. The normalized spacial score (nSPS) is 11.1. The minimum atomic E-state index is -3.12. The van der Waals surface area contributed by atoms with E-state index < -0.39 is 15.8 Å². The summed E-state index contributed by atoms with van der Waals surface area (Å²) in [4.78, 5) is 24.1. The van der Waals surface area contributed by atoms with Crippen LogP contribution in [0.1, 0.15) is 25.6 Å². The van der Waals surface area contributed by atoms with Gasteiger partial charge in [-0.1, -0.05) is 18.2 Å². The Morgan fingerprint density at radius 3 is 2.36 bits per heavy atom. The molecule has 0 bridgehead atoms. The molecule has 1 heterocycles. The van der Waals surface area contributed by atoms with E-state index in [1.54, 1.807) is 29.6 Å². The summed E-state index contributed by atoms with van der Waals surface area (Å²) in [5, 5.41) is 1.77. The predicted molar refractivity (Wildman–Crippen MR) is 83.9 cm³/mol. The maximum Gasteiger partial charge on any atom is 0.338 e. The van der Waals surface area contributed by atoms with Crippen LogP contribution in [0.25, 0.3) is 0 Å². The van der Waals surface area contributed by atoms with Crippen molar-refractivity contribution in [3.63, 3.8) is 0 Å². The van der Waals surface area contributed by atoms with Crippen molar-refractivity contribution >= 4 is 32.9 Å². The number of rotatable bonds is 6. The molecule has 1 aromatic carbocycles. The van der Waals surface area contributed by atoms with Gasteiger partial charge >= 0.3 is 5.97 Å². The van der Waals surface area contributed by atoms with Crippen molar-refractivity contribution in [3.05, 3.63) is 57.8 Å². The Balaban J connectivity index is 1.94. The van der Waals surface area contributed by atoms with Crippen LogP contribution in [0.2, 0.25) is 0 Å². The topological polar surface area (TPSA) is 77.5 Å². The zero-order valence-electron chi connectivity index (χ0n) is 11.8. The van der Waals surface area contributed by atoms with Gasteiger partial charge in [-0.2, -0.15) is 0 Å². The van der Waals surface area contributed by atoms with Crippen LogP contribution in [-0.2, 0) is 20.3 Å². The molecular weight excluding hydrogens is 324 g/mol. The Labute approximate surface area is 132 Å². The van der Waals surface area contributed by atoms with Gasteiger partial charge in [0.2, 0.25) is 5.78 Å². The van der Waals surface area contributed by atoms with E-state index in [-0.39, 0.29) is 23.7 Å². The second kappa shape index (κ2) is 6.85. The molecule has 0 saturated heterocycles. The van der Waals surface area contributed by atoms with Gasteiger partial charge in [-0.05, 0) is 29.1 Å². The molecule has 116 valence electrons. The molecule has 0 spiro atoms. The van der Waals surface area contributed by atoms with Gasteiger partial charge in [0, 0.05) is 6.26 Å². The molecule has 5 nitrogen and oxygen atoms in total. The first-order valence-electron chi connectivity index (χ1n) is 6.35. The number of ketones is 1. The van der Waals surface area contributed by atoms with E-state index in [2.05, 4.69) is 0 Å². The number of hydrogen-bond donors (Lipinski definition) is 0. The first-order chi connectivity index (χ1) is 10.3. The summed E-state index contributed by atoms with van der Waals surface area (Å²) < 4.78 is 27.3. The lowest BCUT2D eigenvalue weighted by atomic mass is 10.1. The first-order valence-corrected chi connectivity index (χ1v) is 9.30. The van der Waals surface area contributed by atoms with E-state index in [0.29, 0.717) is 10.4 Å². The zero-order chi connectivity index (χ0) is 16.2.